The number of hydroxylamine groups is 3. The Hall–Kier alpha value is -1.61. The Balaban J connectivity index is 3.13. The molecule has 3 amide bonds. The van der Waals surface area contributed by atoms with E-state index in [0.29, 0.717) is 19.6 Å². The quantitative estimate of drug-likeness (QED) is 0.163. The first-order valence-electron chi connectivity index (χ1n) is 10.6. The van der Waals surface area contributed by atoms with Gasteiger partial charge in [-0.3, -0.25) is 4.79 Å². The Labute approximate surface area is 180 Å². The summed E-state index contributed by atoms with van der Waals surface area (Å²) in [7, 11) is 1.57. The summed E-state index contributed by atoms with van der Waals surface area (Å²) in [5, 5.41) is 14.1. The van der Waals surface area contributed by atoms with E-state index >= 15 is 0 Å². The summed E-state index contributed by atoms with van der Waals surface area (Å²) in [6.07, 6.45) is 2.34. The van der Waals surface area contributed by atoms with Crippen molar-refractivity contribution in [1.29, 1.82) is 0 Å². The van der Waals surface area contributed by atoms with Crippen molar-refractivity contribution in [2.45, 2.75) is 53.5 Å². The smallest absolute Gasteiger partial charge is 0.358 e. The van der Waals surface area contributed by atoms with Crippen LogP contribution in [0.5, 0.6) is 0 Å². The van der Waals surface area contributed by atoms with E-state index in [1.54, 1.807) is 34.0 Å². The van der Waals surface area contributed by atoms with E-state index in [1.807, 2.05) is 13.8 Å². The second-order valence-electron chi connectivity index (χ2n) is 9.39. The van der Waals surface area contributed by atoms with Crippen LogP contribution < -0.4 is 5.32 Å². The third-order valence-corrected chi connectivity index (χ3v) is 5.36. The highest BCUT2D eigenvalue weighted by molar-refractivity contribution is 5.98. The van der Waals surface area contributed by atoms with Crippen LogP contribution >= 0.6 is 0 Å². The highest BCUT2D eigenvalue weighted by atomic mass is 16.6. The molecule has 0 aromatic heterocycles. The molecule has 1 fully saturated rings. The van der Waals surface area contributed by atoms with Crippen LogP contribution in [0.2, 0.25) is 0 Å². The molecule has 0 aromatic rings. The lowest BCUT2D eigenvalue weighted by molar-refractivity contribution is -0.990. The third-order valence-electron chi connectivity index (χ3n) is 5.36. The predicted molar refractivity (Wildman–Crippen MR) is 112 cm³/mol. The van der Waals surface area contributed by atoms with Crippen LogP contribution in [0.25, 0.3) is 0 Å². The molecule has 8 nitrogen and oxygen atoms in total. The first kappa shape index (κ1) is 26.4. The van der Waals surface area contributed by atoms with Gasteiger partial charge < -0.3 is 14.8 Å². The maximum absolute atomic E-state index is 13.3. The SMILES string of the molecule is C=CC[C@@H]1C(=O)[N+](O)([C@H](C(=O)NCCOCCOC)C(C)(C)C)C(=O)[C@@H]1CC(C)C. The number of amides is 3. The third kappa shape index (κ3) is 5.97. The van der Waals surface area contributed by atoms with Crippen LogP contribution in [0.1, 0.15) is 47.5 Å². The number of carbonyl (C=O) groups is 3. The van der Waals surface area contributed by atoms with Gasteiger partial charge in [0.25, 0.3) is 5.91 Å². The maximum atomic E-state index is 13.3. The zero-order chi connectivity index (χ0) is 23.1. The predicted octanol–water partition coefficient (Wildman–Crippen LogP) is 2.31. The van der Waals surface area contributed by atoms with Crippen LogP contribution in [0, 0.1) is 23.2 Å². The second kappa shape index (κ2) is 11.1. The van der Waals surface area contributed by atoms with Gasteiger partial charge in [-0.1, -0.05) is 40.7 Å². The summed E-state index contributed by atoms with van der Waals surface area (Å²) in [6.45, 7) is 14.1. The number of nitrogens with zero attached hydrogens (tertiary/aromatic N) is 1. The molecule has 8 heteroatoms. The summed E-state index contributed by atoms with van der Waals surface area (Å²) in [5.74, 6) is -2.95. The van der Waals surface area contributed by atoms with E-state index in [1.165, 1.54) is 0 Å². The second-order valence-corrected chi connectivity index (χ2v) is 9.39. The molecule has 0 aliphatic carbocycles. The molecule has 2 N–H and O–H groups in total. The van der Waals surface area contributed by atoms with Crippen LogP contribution in [0.4, 0.5) is 0 Å². The van der Waals surface area contributed by atoms with Gasteiger partial charge in [0.2, 0.25) is 6.04 Å². The van der Waals surface area contributed by atoms with Crippen LogP contribution in [0.3, 0.4) is 0 Å². The number of ether oxygens (including phenoxy) is 2. The Morgan fingerprint density at radius 1 is 1.20 bits per heavy atom. The van der Waals surface area contributed by atoms with E-state index in [0.717, 1.165) is 0 Å². The number of hydrogen-bond donors (Lipinski definition) is 2. The highest BCUT2D eigenvalue weighted by Gasteiger charge is 2.69. The molecule has 0 aromatic carbocycles. The van der Waals surface area contributed by atoms with E-state index in [2.05, 4.69) is 11.9 Å². The van der Waals surface area contributed by atoms with Gasteiger partial charge in [0.1, 0.15) is 0 Å². The standard InChI is InChI=1S/C22H38N2O6/c1-8-9-16-17(14-15(2)3)21(27)24(28,20(16)26)18(22(4,5)6)19(25)23-10-11-30-13-12-29-7/h8,15-18,28H,1,9-14H2,2-7H3/p+1/t16-,17+,18+,24?/m0/s1. The van der Waals surface area contributed by atoms with Crippen molar-refractivity contribution in [2.75, 3.05) is 33.5 Å². The number of hydrogen-bond acceptors (Lipinski definition) is 6. The largest absolute Gasteiger partial charge is 0.382 e. The molecule has 1 rings (SSSR count). The average Bonchev–Trinajstić information content (AvgIpc) is 2.79. The summed E-state index contributed by atoms with van der Waals surface area (Å²) in [6, 6.07) is -1.26. The fourth-order valence-electron chi connectivity index (χ4n) is 4.14. The van der Waals surface area contributed by atoms with Crippen molar-refractivity contribution >= 4 is 17.7 Å². The number of allylic oxidation sites excluding steroid dienone is 1. The van der Waals surface area contributed by atoms with Crippen molar-refractivity contribution < 1.29 is 33.7 Å². The van der Waals surface area contributed by atoms with E-state index < -0.39 is 45.7 Å². The monoisotopic (exact) mass is 427 g/mol. The highest BCUT2D eigenvalue weighted by Crippen LogP contribution is 2.43. The number of carbonyl (C=O) groups excluding carboxylic acids is 3. The molecule has 0 saturated carbocycles. The number of likely N-dealkylation sites (tertiary alicyclic amines) is 1. The normalized spacial score (nSPS) is 25.6. The minimum absolute atomic E-state index is 0.164. The zero-order valence-corrected chi connectivity index (χ0v) is 19.3. The number of nitrogens with one attached hydrogen (secondary N) is 1. The summed E-state index contributed by atoms with van der Waals surface area (Å²) >= 11 is 0. The first-order valence-corrected chi connectivity index (χ1v) is 10.6. The molecule has 1 saturated heterocycles. The van der Waals surface area contributed by atoms with E-state index in [4.69, 9.17) is 9.47 Å². The van der Waals surface area contributed by atoms with Gasteiger partial charge in [0.15, 0.2) is 0 Å². The number of imide groups is 1. The summed E-state index contributed by atoms with van der Waals surface area (Å²) < 4.78 is 8.74. The van der Waals surface area contributed by atoms with Crippen molar-refractivity contribution in [1.82, 2.24) is 5.32 Å². The number of methoxy groups -OCH3 is 1. The van der Waals surface area contributed by atoms with E-state index in [-0.39, 0.29) is 25.5 Å². The first-order chi connectivity index (χ1) is 13.9. The molecule has 0 radical (unpaired) electrons. The minimum atomic E-state index is -1.49. The minimum Gasteiger partial charge on any atom is -0.382 e. The molecular weight excluding hydrogens is 388 g/mol. The summed E-state index contributed by atoms with van der Waals surface area (Å²) in [5.41, 5.74) is -0.841. The fraction of sp³-hybridized carbons (Fsp3) is 0.773. The van der Waals surface area contributed by atoms with Crippen molar-refractivity contribution in [3.63, 3.8) is 0 Å². The van der Waals surface area contributed by atoms with Gasteiger partial charge in [-0.25, -0.2) is 14.8 Å². The van der Waals surface area contributed by atoms with E-state index in [9.17, 15) is 19.6 Å². The molecule has 0 bridgehead atoms. The summed E-state index contributed by atoms with van der Waals surface area (Å²) in [4.78, 5) is 39.7. The average molecular weight is 428 g/mol. The van der Waals surface area contributed by atoms with Gasteiger partial charge in [-0.15, -0.1) is 6.58 Å². The Morgan fingerprint density at radius 3 is 2.30 bits per heavy atom. The van der Waals surface area contributed by atoms with Crippen LogP contribution in [0.15, 0.2) is 12.7 Å². The lowest BCUT2D eigenvalue weighted by Crippen LogP contribution is -2.67. The molecule has 1 heterocycles. The molecule has 1 aliphatic rings. The molecular formula is C22H39N2O6+. The fourth-order valence-corrected chi connectivity index (χ4v) is 4.14. The lowest BCUT2D eigenvalue weighted by Gasteiger charge is -2.36. The van der Waals surface area contributed by atoms with Crippen molar-refractivity contribution in [2.24, 2.45) is 23.2 Å². The number of rotatable bonds is 12. The van der Waals surface area contributed by atoms with Crippen molar-refractivity contribution in [3.8, 4) is 0 Å². The Bertz CT molecular complexity index is 628. The molecule has 4 atom stereocenters. The van der Waals surface area contributed by atoms with Crippen LogP contribution in [-0.2, 0) is 23.9 Å². The van der Waals surface area contributed by atoms with Gasteiger partial charge in [-0.05, 0) is 23.4 Å². The Kier molecular flexibility index (Phi) is 9.81. The lowest BCUT2D eigenvalue weighted by atomic mass is 9.84. The molecule has 0 spiro atoms. The molecule has 172 valence electrons. The van der Waals surface area contributed by atoms with Crippen molar-refractivity contribution in [3.05, 3.63) is 12.7 Å². The van der Waals surface area contributed by atoms with Gasteiger partial charge in [0.05, 0.1) is 31.7 Å². The molecule has 1 unspecified atom stereocenters. The molecule has 1 aliphatic heterocycles. The topological polar surface area (TPSA) is 102 Å². The zero-order valence-electron chi connectivity index (χ0n) is 19.3. The Morgan fingerprint density at radius 2 is 1.80 bits per heavy atom. The number of quaternary nitrogens is 1. The molecule has 30 heavy (non-hydrogen) atoms. The van der Waals surface area contributed by atoms with Gasteiger partial charge in [-0.2, -0.15) is 0 Å². The van der Waals surface area contributed by atoms with Gasteiger partial charge >= 0.3 is 11.8 Å². The maximum Gasteiger partial charge on any atom is 0.358 e. The van der Waals surface area contributed by atoms with Crippen LogP contribution in [-0.4, -0.2) is 67.1 Å². The van der Waals surface area contributed by atoms with Gasteiger partial charge in [0, 0.05) is 19.1 Å².